The monoisotopic (exact) mass is 651 g/mol. The summed E-state index contributed by atoms with van der Waals surface area (Å²) < 4.78 is 79.0. The molecule has 0 amide bonds. The Balaban J connectivity index is 0. The van der Waals surface area contributed by atoms with Crippen LogP contribution in [0.4, 0.5) is 26.3 Å². The third-order valence-corrected chi connectivity index (χ3v) is 4.86. The molecular weight excluding hydrogens is 621 g/mol. The molecular formula is C27H30CoF6N2O6. The van der Waals surface area contributed by atoms with E-state index in [2.05, 4.69) is 9.98 Å². The van der Waals surface area contributed by atoms with Crippen LogP contribution in [0.5, 0.6) is 11.5 Å². The summed E-state index contributed by atoms with van der Waals surface area (Å²) in [6.07, 6.45) is -7.21. The second kappa shape index (κ2) is 17.4. The largest absolute Gasteiger partial charge is 2.00 e. The van der Waals surface area contributed by atoms with E-state index in [0.717, 1.165) is 50.5 Å². The average Bonchev–Trinajstić information content (AvgIpc) is 2.78. The zero-order chi connectivity index (χ0) is 32.3. The van der Waals surface area contributed by atoms with E-state index in [0.29, 0.717) is 0 Å². The van der Waals surface area contributed by atoms with Gasteiger partial charge < -0.3 is 30.0 Å². The number of benzene rings is 2. The van der Waals surface area contributed by atoms with E-state index in [1.165, 1.54) is 0 Å². The summed E-state index contributed by atoms with van der Waals surface area (Å²) in [6.45, 7) is 8.13. The van der Waals surface area contributed by atoms with Gasteiger partial charge in [0.2, 0.25) is 0 Å². The number of phenolic OH excluding ortho intramolecular Hbond substituents is 2. The number of hydrogen-bond donors (Lipinski definition) is 2. The van der Waals surface area contributed by atoms with Gasteiger partial charge in [-0.15, -0.1) is 0 Å². The van der Waals surface area contributed by atoms with E-state index in [1.807, 2.05) is 0 Å². The van der Waals surface area contributed by atoms with Gasteiger partial charge in [0.25, 0.3) is 0 Å². The Morgan fingerprint density at radius 2 is 1.00 bits per heavy atom. The Morgan fingerprint density at radius 1 is 0.738 bits per heavy atom. The van der Waals surface area contributed by atoms with Gasteiger partial charge in [0.05, 0.1) is 11.1 Å². The van der Waals surface area contributed by atoms with Gasteiger partial charge in [-0.2, -0.15) is 26.3 Å². The number of aliphatic imine (C=N–C) groups is 2. The molecule has 0 atom stereocenters. The molecule has 2 aromatic carbocycles. The number of carbonyl (C=O) groups excluding carboxylic acids is 2. The van der Waals surface area contributed by atoms with Gasteiger partial charge in [0.1, 0.15) is 18.2 Å². The smallest absolute Gasteiger partial charge is 0.550 e. The normalized spacial score (nSPS) is 11.6. The summed E-state index contributed by atoms with van der Waals surface area (Å²) >= 11 is 0. The molecule has 0 fully saturated rings. The number of carbonyl (C=O) groups is 2. The molecule has 0 aliphatic rings. The molecule has 235 valence electrons. The maximum Gasteiger partial charge on any atom is 2.00 e. The molecule has 0 saturated carbocycles. The molecule has 0 bridgehead atoms. The summed E-state index contributed by atoms with van der Waals surface area (Å²) in [5.41, 5.74) is -2.00. The van der Waals surface area contributed by atoms with Crippen molar-refractivity contribution in [3.8, 4) is 11.5 Å². The number of aromatic hydroxyl groups is 2. The number of carboxylic acid groups (broad SMARTS) is 2. The molecule has 0 saturated heterocycles. The van der Waals surface area contributed by atoms with Crippen molar-refractivity contribution in [1.82, 2.24) is 0 Å². The van der Waals surface area contributed by atoms with E-state index >= 15 is 0 Å². The van der Waals surface area contributed by atoms with Crippen LogP contribution in [0.3, 0.4) is 0 Å². The van der Waals surface area contributed by atoms with Crippen LogP contribution < -0.4 is 10.2 Å². The Labute approximate surface area is 249 Å². The van der Waals surface area contributed by atoms with Crippen molar-refractivity contribution in [2.24, 2.45) is 9.98 Å². The third kappa shape index (κ3) is 14.3. The van der Waals surface area contributed by atoms with Crippen LogP contribution in [-0.4, -0.2) is 41.2 Å². The molecule has 0 spiro atoms. The first-order valence-corrected chi connectivity index (χ1v) is 11.8. The van der Waals surface area contributed by atoms with E-state index in [9.17, 15) is 36.6 Å². The zero-order valence-corrected chi connectivity index (χ0v) is 24.4. The second-order valence-electron chi connectivity index (χ2n) is 9.06. The summed E-state index contributed by atoms with van der Waals surface area (Å²) in [4.78, 5) is 25.5. The van der Waals surface area contributed by atoms with Crippen LogP contribution in [0.25, 0.3) is 0 Å². The third-order valence-electron chi connectivity index (χ3n) is 4.86. The average molecular weight is 651 g/mol. The minimum atomic E-state index is -4.62. The Kier molecular flexibility index (Phi) is 16.8. The van der Waals surface area contributed by atoms with Crippen LogP contribution in [0.1, 0.15) is 86.8 Å². The van der Waals surface area contributed by atoms with Gasteiger partial charge in [0.15, 0.2) is 0 Å². The quantitative estimate of drug-likeness (QED) is 0.350. The van der Waals surface area contributed by atoms with Crippen molar-refractivity contribution in [1.29, 1.82) is 0 Å². The molecule has 1 radical (unpaired) electrons. The molecule has 0 aromatic heterocycles. The topological polar surface area (TPSA) is 145 Å². The van der Waals surface area contributed by atoms with E-state index in [-0.39, 0.29) is 69.0 Å². The van der Waals surface area contributed by atoms with Gasteiger partial charge in [-0.05, 0) is 61.1 Å². The second-order valence-corrected chi connectivity index (χ2v) is 9.06. The molecule has 15 heteroatoms. The standard InChI is InChI=1S/C23H24F6N2O2.2C2H4O2.Co/c1-12(2)18-7-16(22(24,25)26)5-14(20(18)32)9-30-11-31-10-15-6-17(23(27,28)29)8-19(13(3)4)21(15)33;2*1-2(3)4;/h5-10,12-13,32-33H,11H2,1-4H3;2*1H3,(H,3,4);/q;;;+2/p-2. The molecule has 0 aliphatic heterocycles. The summed E-state index contributed by atoms with van der Waals surface area (Å²) in [7, 11) is 0. The number of nitrogens with zero attached hydrogens (tertiary/aromatic N) is 2. The predicted molar refractivity (Wildman–Crippen MR) is 136 cm³/mol. The Morgan fingerprint density at radius 3 is 1.21 bits per heavy atom. The Bertz CT molecular complexity index is 1160. The molecule has 2 N–H and O–H groups in total. The zero-order valence-electron chi connectivity index (χ0n) is 23.3. The first-order chi connectivity index (χ1) is 18.6. The maximum absolute atomic E-state index is 13.2. The summed E-state index contributed by atoms with van der Waals surface area (Å²) in [5.74, 6) is -3.61. The fourth-order valence-electron chi connectivity index (χ4n) is 3.09. The molecule has 42 heavy (non-hydrogen) atoms. The Hall–Kier alpha value is -3.59. The van der Waals surface area contributed by atoms with E-state index in [1.54, 1.807) is 27.7 Å². The molecule has 0 heterocycles. The van der Waals surface area contributed by atoms with Crippen molar-refractivity contribution in [2.75, 3.05) is 6.67 Å². The van der Waals surface area contributed by atoms with E-state index < -0.39 is 35.4 Å². The first kappa shape index (κ1) is 40.5. The molecule has 2 rings (SSSR count). The van der Waals surface area contributed by atoms with Crippen molar-refractivity contribution >= 4 is 24.4 Å². The van der Waals surface area contributed by atoms with Gasteiger partial charge in [-0.3, -0.25) is 9.98 Å². The van der Waals surface area contributed by atoms with Crippen LogP contribution in [0.15, 0.2) is 34.3 Å². The number of alkyl halides is 6. The number of phenols is 2. The minimum Gasteiger partial charge on any atom is -0.550 e. The minimum absolute atomic E-state index is 0. The molecule has 0 aliphatic carbocycles. The van der Waals surface area contributed by atoms with Crippen molar-refractivity contribution in [3.63, 3.8) is 0 Å². The van der Waals surface area contributed by atoms with Gasteiger partial charge in [-0.25, -0.2) is 0 Å². The van der Waals surface area contributed by atoms with Crippen LogP contribution in [0, 0.1) is 0 Å². The fourth-order valence-corrected chi connectivity index (χ4v) is 3.09. The number of carboxylic acids is 2. The first-order valence-electron chi connectivity index (χ1n) is 11.8. The van der Waals surface area contributed by atoms with Gasteiger partial charge >= 0.3 is 29.1 Å². The number of aliphatic carboxylic acids is 2. The molecule has 8 nitrogen and oxygen atoms in total. The molecule has 0 unspecified atom stereocenters. The molecule has 2 aromatic rings. The fraction of sp³-hybridized carbons (Fsp3) is 0.407. The number of halogens is 6. The predicted octanol–water partition coefficient (Wildman–Crippen LogP) is 4.39. The van der Waals surface area contributed by atoms with Gasteiger partial charge in [-0.1, -0.05) is 27.7 Å². The van der Waals surface area contributed by atoms with Crippen molar-refractivity contribution < 1.29 is 73.1 Å². The summed E-state index contributed by atoms with van der Waals surface area (Å²) in [6, 6.07) is 3.25. The van der Waals surface area contributed by atoms with Crippen LogP contribution >= 0.6 is 0 Å². The van der Waals surface area contributed by atoms with Crippen LogP contribution in [-0.2, 0) is 38.7 Å². The van der Waals surface area contributed by atoms with Crippen LogP contribution in [0.2, 0.25) is 0 Å². The SMILES string of the molecule is CC(=O)[O-].CC(=O)[O-].CC(C)c1cc(C(F)(F)F)cc(C=NCN=Cc2cc(C(F)(F)F)cc(C(C)C)c2O)c1O.[Co+2]. The number of rotatable bonds is 6. The van der Waals surface area contributed by atoms with Gasteiger partial charge in [0, 0.05) is 35.5 Å². The van der Waals surface area contributed by atoms with E-state index in [4.69, 9.17) is 19.8 Å². The summed E-state index contributed by atoms with van der Waals surface area (Å²) in [5, 5.41) is 38.3. The van der Waals surface area contributed by atoms with Crippen molar-refractivity contribution in [3.05, 3.63) is 57.6 Å². The maximum atomic E-state index is 13.2. The number of hydrogen-bond acceptors (Lipinski definition) is 8. The van der Waals surface area contributed by atoms with Crippen molar-refractivity contribution in [2.45, 2.75) is 65.7 Å².